The predicted molar refractivity (Wildman–Crippen MR) is 71.7 cm³/mol. The summed E-state index contributed by atoms with van der Waals surface area (Å²) < 4.78 is 26.4. The van der Waals surface area contributed by atoms with Gasteiger partial charge in [-0.05, 0) is 51.0 Å². The van der Waals surface area contributed by atoms with Crippen molar-refractivity contribution in [2.24, 2.45) is 0 Å². The van der Waals surface area contributed by atoms with Crippen molar-refractivity contribution in [1.82, 2.24) is 4.90 Å². The third kappa shape index (κ3) is 5.13. The van der Waals surface area contributed by atoms with E-state index in [4.69, 9.17) is 0 Å². The average Bonchev–Trinajstić information content (AvgIpc) is 2.35. The van der Waals surface area contributed by atoms with Crippen LogP contribution in [0.1, 0.15) is 38.2 Å². The molecule has 18 heavy (non-hydrogen) atoms. The number of unbranched alkanes of at least 4 members (excludes halogenated alkanes) is 2. The fourth-order valence-corrected chi connectivity index (χ4v) is 2.02. The normalized spacial score (nSPS) is 11.2. The lowest BCUT2D eigenvalue weighted by Gasteiger charge is -2.16. The van der Waals surface area contributed by atoms with E-state index >= 15 is 0 Å². The smallest absolute Gasteiger partial charge is 0.162 e. The molecule has 0 aromatic heterocycles. The molecule has 1 aromatic rings. The Kier molecular flexibility index (Phi) is 6.88. The summed E-state index contributed by atoms with van der Waals surface area (Å²) in [4.78, 5) is 2.26. The second-order valence-corrected chi connectivity index (χ2v) is 4.83. The molecule has 0 aliphatic rings. The second kappa shape index (κ2) is 8.20. The molecule has 102 valence electrons. The van der Waals surface area contributed by atoms with E-state index in [1.807, 2.05) is 0 Å². The molecule has 0 spiro atoms. The van der Waals surface area contributed by atoms with Crippen LogP contribution < -0.4 is 0 Å². The van der Waals surface area contributed by atoms with Crippen LogP contribution in [-0.2, 0) is 6.42 Å². The van der Waals surface area contributed by atoms with Gasteiger partial charge in [0.2, 0.25) is 0 Å². The Morgan fingerprint density at radius 1 is 1.06 bits per heavy atom. The molecule has 0 heterocycles. The number of benzene rings is 1. The zero-order valence-electron chi connectivity index (χ0n) is 11.4. The Hall–Kier alpha value is -0.960. The van der Waals surface area contributed by atoms with Gasteiger partial charge in [0.1, 0.15) is 0 Å². The molecule has 0 fully saturated rings. The van der Waals surface area contributed by atoms with E-state index in [0.717, 1.165) is 25.6 Å². The second-order valence-electron chi connectivity index (χ2n) is 4.83. The van der Waals surface area contributed by atoms with Crippen molar-refractivity contribution in [1.29, 1.82) is 0 Å². The molecule has 0 amide bonds. The summed E-state index contributed by atoms with van der Waals surface area (Å²) in [6, 6.07) is 4.39. The van der Waals surface area contributed by atoms with E-state index in [1.165, 1.54) is 19.3 Å². The molecule has 0 radical (unpaired) electrons. The summed E-state index contributed by atoms with van der Waals surface area (Å²) in [5.74, 6) is -1.44. The SMILES string of the molecule is CCCCCN(C)CCCc1cccc(F)c1F. The van der Waals surface area contributed by atoms with E-state index in [2.05, 4.69) is 18.9 Å². The van der Waals surface area contributed by atoms with Gasteiger partial charge in [-0.1, -0.05) is 31.9 Å². The average molecular weight is 255 g/mol. The largest absolute Gasteiger partial charge is 0.306 e. The molecule has 3 heteroatoms. The molecule has 0 atom stereocenters. The van der Waals surface area contributed by atoms with Crippen LogP contribution in [-0.4, -0.2) is 25.0 Å². The minimum absolute atomic E-state index is 0.483. The Balaban J connectivity index is 2.26. The maximum Gasteiger partial charge on any atom is 0.162 e. The third-order valence-corrected chi connectivity index (χ3v) is 3.16. The molecule has 0 saturated carbocycles. The van der Waals surface area contributed by atoms with Gasteiger partial charge < -0.3 is 4.90 Å². The topological polar surface area (TPSA) is 3.24 Å². The monoisotopic (exact) mass is 255 g/mol. The number of aryl methyl sites for hydroxylation is 1. The Bertz CT molecular complexity index is 352. The molecule has 0 aliphatic carbocycles. The van der Waals surface area contributed by atoms with Crippen LogP contribution in [0.4, 0.5) is 8.78 Å². The van der Waals surface area contributed by atoms with Crippen molar-refractivity contribution < 1.29 is 8.78 Å². The molecule has 0 bridgehead atoms. The summed E-state index contributed by atoms with van der Waals surface area (Å²) in [7, 11) is 2.08. The maximum atomic E-state index is 13.4. The Morgan fingerprint density at radius 3 is 2.50 bits per heavy atom. The number of hydrogen-bond donors (Lipinski definition) is 0. The van der Waals surface area contributed by atoms with Crippen LogP contribution in [0, 0.1) is 11.6 Å². The quantitative estimate of drug-likeness (QED) is 0.634. The number of hydrogen-bond acceptors (Lipinski definition) is 1. The van der Waals surface area contributed by atoms with Crippen LogP contribution in [0.15, 0.2) is 18.2 Å². The van der Waals surface area contributed by atoms with Crippen LogP contribution in [0.5, 0.6) is 0 Å². The van der Waals surface area contributed by atoms with Crippen LogP contribution in [0.3, 0.4) is 0 Å². The first kappa shape index (κ1) is 15.1. The van der Waals surface area contributed by atoms with Gasteiger partial charge in [0.15, 0.2) is 11.6 Å². The lowest BCUT2D eigenvalue weighted by Crippen LogP contribution is -2.21. The van der Waals surface area contributed by atoms with Gasteiger partial charge in [0.25, 0.3) is 0 Å². The molecule has 0 N–H and O–H groups in total. The molecule has 0 saturated heterocycles. The standard InChI is InChI=1S/C15H23F2N/c1-3-4-5-11-18(2)12-7-9-13-8-6-10-14(16)15(13)17/h6,8,10H,3-5,7,9,11-12H2,1-2H3. The van der Waals surface area contributed by atoms with Crippen molar-refractivity contribution >= 4 is 0 Å². The molecular formula is C15H23F2N. The first-order chi connectivity index (χ1) is 8.65. The van der Waals surface area contributed by atoms with Crippen molar-refractivity contribution in [3.05, 3.63) is 35.4 Å². The molecule has 0 aliphatic heterocycles. The summed E-state index contributed by atoms with van der Waals surface area (Å²) in [6.07, 6.45) is 5.15. The van der Waals surface area contributed by atoms with E-state index in [1.54, 1.807) is 12.1 Å². The highest BCUT2D eigenvalue weighted by molar-refractivity contribution is 5.18. The highest BCUT2D eigenvalue weighted by Crippen LogP contribution is 2.13. The molecule has 0 unspecified atom stereocenters. The Labute approximate surface area is 109 Å². The number of rotatable bonds is 8. The highest BCUT2D eigenvalue weighted by Gasteiger charge is 2.07. The third-order valence-electron chi connectivity index (χ3n) is 3.16. The van der Waals surface area contributed by atoms with E-state index < -0.39 is 11.6 Å². The highest BCUT2D eigenvalue weighted by atomic mass is 19.2. The Morgan fingerprint density at radius 2 is 1.78 bits per heavy atom. The maximum absolute atomic E-state index is 13.4. The van der Waals surface area contributed by atoms with Crippen LogP contribution in [0.2, 0.25) is 0 Å². The lowest BCUT2D eigenvalue weighted by molar-refractivity contribution is 0.320. The zero-order valence-corrected chi connectivity index (χ0v) is 11.4. The first-order valence-corrected chi connectivity index (χ1v) is 6.76. The summed E-state index contributed by atoms with van der Waals surface area (Å²) in [6.45, 7) is 4.20. The minimum atomic E-state index is -0.746. The van der Waals surface area contributed by atoms with Gasteiger partial charge in [-0.25, -0.2) is 8.78 Å². The van der Waals surface area contributed by atoms with Crippen LogP contribution >= 0.6 is 0 Å². The number of nitrogens with zero attached hydrogens (tertiary/aromatic N) is 1. The molecule has 1 nitrogen and oxygen atoms in total. The van der Waals surface area contributed by atoms with Crippen molar-refractivity contribution in [2.45, 2.75) is 39.0 Å². The van der Waals surface area contributed by atoms with Gasteiger partial charge >= 0.3 is 0 Å². The fraction of sp³-hybridized carbons (Fsp3) is 0.600. The van der Waals surface area contributed by atoms with Crippen molar-refractivity contribution in [3.63, 3.8) is 0 Å². The van der Waals surface area contributed by atoms with Crippen LogP contribution in [0.25, 0.3) is 0 Å². The molecule has 1 rings (SSSR count). The van der Waals surface area contributed by atoms with Gasteiger partial charge in [-0.3, -0.25) is 0 Å². The van der Waals surface area contributed by atoms with E-state index in [-0.39, 0.29) is 0 Å². The molecular weight excluding hydrogens is 232 g/mol. The van der Waals surface area contributed by atoms with Crippen molar-refractivity contribution in [3.8, 4) is 0 Å². The number of halogens is 2. The van der Waals surface area contributed by atoms with Crippen molar-refractivity contribution in [2.75, 3.05) is 20.1 Å². The zero-order chi connectivity index (χ0) is 13.4. The minimum Gasteiger partial charge on any atom is -0.306 e. The van der Waals surface area contributed by atoms with E-state index in [9.17, 15) is 8.78 Å². The summed E-state index contributed by atoms with van der Waals surface area (Å²) >= 11 is 0. The van der Waals surface area contributed by atoms with E-state index in [0.29, 0.717) is 12.0 Å². The van der Waals surface area contributed by atoms with Gasteiger partial charge in [0.05, 0.1) is 0 Å². The lowest BCUT2D eigenvalue weighted by atomic mass is 10.1. The summed E-state index contributed by atoms with van der Waals surface area (Å²) in [5, 5.41) is 0. The fourth-order valence-electron chi connectivity index (χ4n) is 2.02. The summed E-state index contributed by atoms with van der Waals surface area (Å²) in [5.41, 5.74) is 0.483. The van der Waals surface area contributed by atoms with Gasteiger partial charge in [0, 0.05) is 0 Å². The predicted octanol–water partition coefficient (Wildman–Crippen LogP) is 4.02. The van der Waals surface area contributed by atoms with Gasteiger partial charge in [-0.2, -0.15) is 0 Å². The molecule has 1 aromatic carbocycles. The first-order valence-electron chi connectivity index (χ1n) is 6.76. The van der Waals surface area contributed by atoms with Gasteiger partial charge in [-0.15, -0.1) is 0 Å².